The highest BCUT2D eigenvalue weighted by Crippen LogP contribution is 2.42. The van der Waals surface area contributed by atoms with Gasteiger partial charge in [0, 0.05) is 58.5 Å². The van der Waals surface area contributed by atoms with E-state index in [2.05, 4.69) is 17.2 Å². The quantitative estimate of drug-likeness (QED) is 0.357. The molecule has 0 unspecified atom stereocenters. The largest absolute Gasteiger partial charge is 0.488 e. The van der Waals surface area contributed by atoms with Crippen LogP contribution < -0.4 is 21.3 Å². The summed E-state index contributed by atoms with van der Waals surface area (Å²) in [5.74, 6) is 0.715. The van der Waals surface area contributed by atoms with Crippen LogP contribution in [0.25, 0.3) is 21.3 Å². The van der Waals surface area contributed by atoms with Gasteiger partial charge in [0.1, 0.15) is 18.4 Å². The molecule has 0 aliphatic carbocycles. The highest BCUT2D eigenvalue weighted by molar-refractivity contribution is 7.19. The molecule has 5 rings (SSSR count). The Labute approximate surface area is 224 Å². The van der Waals surface area contributed by atoms with E-state index in [0.717, 1.165) is 51.2 Å². The predicted molar refractivity (Wildman–Crippen MR) is 141 cm³/mol. The van der Waals surface area contributed by atoms with E-state index >= 15 is 0 Å². The third-order valence-electron chi connectivity index (χ3n) is 6.39. The molecule has 4 heterocycles. The van der Waals surface area contributed by atoms with Crippen LogP contribution >= 0.6 is 22.9 Å². The van der Waals surface area contributed by atoms with Gasteiger partial charge in [0.05, 0.1) is 16.8 Å². The van der Waals surface area contributed by atoms with E-state index in [0.29, 0.717) is 31.8 Å². The highest BCUT2D eigenvalue weighted by Gasteiger charge is 2.29. The van der Waals surface area contributed by atoms with Crippen LogP contribution in [-0.2, 0) is 13.1 Å². The van der Waals surface area contributed by atoms with Crippen molar-refractivity contribution in [3.05, 3.63) is 79.0 Å². The Morgan fingerprint density at radius 3 is 2.71 bits per heavy atom. The number of fused-ring (bicyclic) bond motifs is 1. The van der Waals surface area contributed by atoms with Gasteiger partial charge >= 0.3 is 11.9 Å². The molecule has 1 N–H and O–H groups in total. The molecule has 7 nitrogen and oxygen atoms in total. The van der Waals surface area contributed by atoms with Gasteiger partial charge in [-0.1, -0.05) is 11.6 Å². The average molecular weight is 565 g/mol. The van der Waals surface area contributed by atoms with Crippen LogP contribution in [0.2, 0.25) is 5.02 Å². The van der Waals surface area contributed by atoms with E-state index in [4.69, 9.17) is 16.3 Å². The molecule has 1 saturated heterocycles. The summed E-state index contributed by atoms with van der Waals surface area (Å²) in [5.41, 5.74) is 1.41. The molecule has 0 saturated carbocycles. The average Bonchev–Trinajstić information content (AvgIpc) is 3.44. The number of nitrogens with one attached hydrogen (secondary N) is 1. The molecule has 12 heteroatoms. The fourth-order valence-corrected chi connectivity index (χ4v) is 6.09. The van der Waals surface area contributed by atoms with Gasteiger partial charge in [-0.05, 0) is 43.7 Å². The number of benzene rings is 1. The summed E-state index contributed by atoms with van der Waals surface area (Å²) >= 11 is 7.75. The second kappa shape index (κ2) is 10.2. The van der Waals surface area contributed by atoms with E-state index in [-0.39, 0.29) is 12.6 Å². The molecule has 0 amide bonds. The molecule has 200 valence electrons. The normalized spacial score (nSPS) is 17.8. The Morgan fingerprint density at radius 2 is 2.00 bits per heavy atom. The Balaban J connectivity index is 1.55. The van der Waals surface area contributed by atoms with Crippen LogP contribution in [0.3, 0.4) is 0 Å². The minimum Gasteiger partial charge on any atom is -0.488 e. The molecule has 0 radical (unpaired) electrons. The smallest absolute Gasteiger partial charge is 0.406 e. The SMILES string of the molecule is Cc1cc(Cl)cc(-c2ccnc3cc(Cn4c(=O)ccn(CC(F)(F)F)c4=O)sc23)c1O[C@@H]1CN[C@H](C)C1. The lowest BCUT2D eigenvalue weighted by Crippen LogP contribution is -2.41. The summed E-state index contributed by atoms with van der Waals surface area (Å²) in [6.45, 7) is 3.11. The van der Waals surface area contributed by atoms with Crippen molar-refractivity contribution < 1.29 is 17.9 Å². The predicted octanol–water partition coefficient (Wildman–Crippen LogP) is 4.99. The summed E-state index contributed by atoms with van der Waals surface area (Å²) in [6.07, 6.45) is -1.21. The molecule has 1 aliphatic rings. The summed E-state index contributed by atoms with van der Waals surface area (Å²) in [5, 5.41) is 3.93. The zero-order valence-corrected chi connectivity index (χ0v) is 22.1. The molecular weight excluding hydrogens is 541 g/mol. The van der Waals surface area contributed by atoms with Crippen molar-refractivity contribution in [2.24, 2.45) is 0 Å². The number of rotatable bonds is 6. The Morgan fingerprint density at radius 1 is 1.21 bits per heavy atom. The maximum atomic E-state index is 12.9. The minimum absolute atomic E-state index is 0.00340. The topological polar surface area (TPSA) is 78.2 Å². The van der Waals surface area contributed by atoms with E-state index in [1.54, 1.807) is 12.3 Å². The van der Waals surface area contributed by atoms with Gasteiger partial charge in [-0.2, -0.15) is 13.2 Å². The fourth-order valence-electron chi connectivity index (χ4n) is 4.69. The van der Waals surface area contributed by atoms with Gasteiger partial charge in [0.15, 0.2) is 0 Å². The van der Waals surface area contributed by atoms with Gasteiger partial charge in [-0.3, -0.25) is 18.9 Å². The molecule has 2 atom stereocenters. The molecule has 1 aromatic carbocycles. The van der Waals surface area contributed by atoms with Gasteiger partial charge in [-0.15, -0.1) is 11.3 Å². The first kappa shape index (κ1) is 26.5. The number of hydrogen-bond acceptors (Lipinski definition) is 6. The Kier molecular flexibility index (Phi) is 7.10. The van der Waals surface area contributed by atoms with Gasteiger partial charge in [0.2, 0.25) is 0 Å². The van der Waals surface area contributed by atoms with Crippen LogP contribution in [-0.4, -0.2) is 39.0 Å². The van der Waals surface area contributed by atoms with Crippen molar-refractivity contribution in [1.29, 1.82) is 0 Å². The maximum absolute atomic E-state index is 12.9. The van der Waals surface area contributed by atoms with E-state index in [9.17, 15) is 22.8 Å². The van der Waals surface area contributed by atoms with Gasteiger partial charge in [0.25, 0.3) is 5.56 Å². The molecule has 3 aromatic heterocycles. The van der Waals surface area contributed by atoms with Crippen LogP contribution in [0.4, 0.5) is 13.2 Å². The first-order valence-electron chi connectivity index (χ1n) is 11.9. The number of halogens is 4. The van der Waals surface area contributed by atoms with Crippen LogP contribution in [0.5, 0.6) is 5.75 Å². The molecule has 1 fully saturated rings. The van der Waals surface area contributed by atoms with Crippen LogP contribution in [0.1, 0.15) is 23.8 Å². The zero-order chi connectivity index (χ0) is 27.2. The summed E-state index contributed by atoms with van der Waals surface area (Å²) in [4.78, 5) is 30.1. The van der Waals surface area contributed by atoms with Crippen molar-refractivity contribution in [3.63, 3.8) is 0 Å². The second-order valence-electron chi connectivity index (χ2n) is 9.44. The maximum Gasteiger partial charge on any atom is 0.406 e. The van der Waals surface area contributed by atoms with Gasteiger partial charge in [-0.25, -0.2) is 4.79 Å². The van der Waals surface area contributed by atoms with E-state index < -0.39 is 24.0 Å². The summed E-state index contributed by atoms with van der Waals surface area (Å²) < 4.78 is 47.2. The number of aromatic nitrogens is 3. The molecule has 1 aliphatic heterocycles. The lowest BCUT2D eigenvalue weighted by molar-refractivity contribution is -0.141. The van der Waals surface area contributed by atoms with Crippen molar-refractivity contribution in [2.75, 3.05) is 6.54 Å². The van der Waals surface area contributed by atoms with Crippen molar-refractivity contribution in [2.45, 2.75) is 51.7 Å². The van der Waals surface area contributed by atoms with Crippen LogP contribution in [0, 0.1) is 6.92 Å². The first-order valence-corrected chi connectivity index (χ1v) is 13.1. The second-order valence-corrected chi connectivity index (χ2v) is 11.0. The van der Waals surface area contributed by atoms with Crippen molar-refractivity contribution >= 4 is 33.2 Å². The zero-order valence-electron chi connectivity index (χ0n) is 20.5. The van der Waals surface area contributed by atoms with Gasteiger partial charge < -0.3 is 10.1 Å². The Bertz CT molecular complexity index is 1630. The third-order valence-corrected chi connectivity index (χ3v) is 7.75. The molecule has 0 spiro atoms. The molecule has 0 bridgehead atoms. The van der Waals surface area contributed by atoms with E-state index in [1.807, 2.05) is 25.1 Å². The standard InChI is InChI=1S/C26H24ClF3N4O3S/c1-14-7-16(27)9-20(23(14)37-17-8-15(2)32-11-17)19-3-5-31-21-10-18(38-24(19)21)12-34-22(35)4-6-33(25(34)36)13-26(28,29)30/h3-7,9-10,15,17,32H,8,11-13H2,1-2H3/t15-,17+/m1/s1. The molecular formula is C26H24ClF3N4O3S. The number of nitrogens with zero attached hydrogens (tertiary/aromatic N) is 3. The number of hydrogen-bond donors (Lipinski definition) is 1. The number of aryl methyl sites for hydroxylation is 1. The highest BCUT2D eigenvalue weighted by atomic mass is 35.5. The fraction of sp³-hybridized carbons (Fsp3) is 0.346. The summed E-state index contributed by atoms with van der Waals surface area (Å²) in [6, 6.07) is 8.57. The third kappa shape index (κ3) is 5.50. The first-order chi connectivity index (χ1) is 18.0. The number of thiophene rings is 1. The number of ether oxygens (including phenoxy) is 1. The molecule has 38 heavy (non-hydrogen) atoms. The van der Waals surface area contributed by atoms with Crippen molar-refractivity contribution in [1.82, 2.24) is 19.4 Å². The number of alkyl halides is 3. The van der Waals surface area contributed by atoms with Crippen LogP contribution in [0.15, 0.2) is 52.3 Å². The molecule has 4 aromatic rings. The monoisotopic (exact) mass is 564 g/mol. The van der Waals surface area contributed by atoms with Crippen molar-refractivity contribution in [3.8, 4) is 16.9 Å². The lowest BCUT2D eigenvalue weighted by Gasteiger charge is -2.19. The lowest BCUT2D eigenvalue weighted by atomic mass is 10.0. The summed E-state index contributed by atoms with van der Waals surface area (Å²) in [7, 11) is 0. The minimum atomic E-state index is -4.59. The Hall–Kier alpha value is -3.15. The van der Waals surface area contributed by atoms with E-state index in [1.165, 1.54) is 11.3 Å². The number of pyridine rings is 1.